The topological polar surface area (TPSA) is 84.6 Å². The summed E-state index contributed by atoms with van der Waals surface area (Å²) in [5.41, 5.74) is 3.76. The van der Waals surface area contributed by atoms with E-state index < -0.39 is 10.0 Å². The van der Waals surface area contributed by atoms with Gasteiger partial charge in [0.25, 0.3) is 5.56 Å². The van der Waals surface area contributed by atoms with Gasteiger partial charge in [-0.25, -0.2) is 13.4 Å². The Morgan fingerprint density at radius 1 is 1.03 bits per heavy atom. The summed E-state index contributed by atoms with van der Waals surface area (Å²) in [6, 6.07) is 16.9. The normalized spacial score (nSPS) is 13.6. The van der Waals surface area contributed by atoms with Crippen molar-refractivity contribution in [3.63, 3.8) is 0 Å². The Hall–Kier alpha value is -2.95. The van der Waals surface area contributed by atoms with Crippen molar-refractivity contribution < 1.29 is 8.42 Å². The number of benzene rings is 2. The van der Waals surface area contributed by atoms with E-state index >= 15 is 0 Å². The summed E-state index contributed by atoms with van der Waals surface area (Å²) in [7, 11) is -1.83. The van der Waals surface area contributed by atoms with Crippen LogP contribution in [-0.4, -0.2) is 42.8 Å². The van der Waals surface area contributed by atoms with Crippen LogP contribution in [-0.2, 0) is 10.0 Å². The summed E-state index contributed by atoms with van der Waals surface area (Å²) in [4.78, 5) is 18.8. The zero-order valence-corrected chi connectivity index (χ0v) is 19.7. The highest BCUT2D eigenvalue weighted by Crippen LogP contribution is 2.33. The molecule has 1 aliphatic rings. The predicted molar refractivity (Wildman–Crippen MR) is 132 cm³/mol. The summed E-state index contributed by atoms with van der Waals surface area (Å²) in [5, 5.41) is 7.72. The smallest absolute Gasteiger partial charge is 0.274 e. The molecule has 0 bridgehead atoms. The van der Waals surface area contributed by atoms with Crippen LogP contribution < -0.4 is 9.86 Å². The van der Waals surface area contributed by atoms with Gasteiger partial charge in [0, 0.05) is 23.7 Å². The molecule has 0 saturated carbocycles. The number of rotatable bonds is 4. The van der Waals surface area contributed by atoms with Crippen LogP contribution in [0.25, 0.3) is 21.3 Å². The molecule has 0 unspecified atom stereocenters. The van der Waals surface area contributed by atoms with Gasteiger partial charge in [-0.15, -0.1) is 11.3 Å². The van der Waals surface area contributed by atoms with Gasteiger partial charge in [-0.1, -0.05) is 54.2 Å². The second-order valence-electron chi connectivity index (χ2n) is 7.32. The maximum absolute atomic E-state index is 13.4. The molecule has 0 N–H and O–H groups in total. The Kier molecular flexibility index (Phi) is 5.15. The van der Waals surface area contributed by atoms with E-state index in [9.17, 15) is 13.2 Å². The summed E-state index contributed by atoms with van der Waals surface area (Å²) >= 11 is 2.92. The average molecular weight is 483 g/mol. The van der Waals surface area contributed by atoms with Gasteiger partial charge in [-0.2, -0.15) is 9.78 Å². The Morgan fingerprint density at radius 3 is 2.44 bits per heavy atom. The van der Waals surface area contributed by atoms with Crippen LogP contribution in [0.5, 0.6) is 0 Å². The average Bonchev–Trinajstić information content (AvgIpc) is 3.23. The van der Waals surface area contributed by atoms with Crippen molar-refractivity contribution in [1.82, 2.24) is 9.66 Å². The van der Waals surface area contributed by atoms with Crippen LogP contribution in [0.15, 0.2) is 75.0 Å². The Labute approximate surface area is 193 Å². The number of thioether (sulfide) groups is 1. The second kappa shape index (κ2) is 7.88. The Bertz CT molecular complexity index is 1520. The first-order valence-corrected chi connectivity index (χ1v) is 13.4. The molecule has 4 aromatic rings. The van der Waals surface area contributed by atoms with Gasteiger partial charge in [0.1, 0.15) is 4.83 Å². The maximum Gasteiger partial charge on any atom is 0.284 e. The molecule has 0 spiro atoms. The van der Waals surface area contributed by atoms with Crippen LogP contribution in [0.4, 0.5) is 5.69 Å². The molecule has 2 aromatic heterocycles. The minimum Gasteiger partial charge on any atom is -0.274 e. The minimum absolute atomic E-state index is 0.191. The Balaban J connectivity index is 1.58. The summed E-state index contributed by atoms with van der Waals surface area (Å²) in [5.74, 6) is 0.566. The van der Waals surface area contributed by atoms with E-state index in [0.29, 0.717) is 26.8 Å². The predicted octanol–water partition coefficient (Wildman–Crippen LogP) is 3.88. The molecule has 162 valence electrons. The van der Waals surface area contributed by atoms with Crippen LogP contribution in [0.1, 0.15) is 5.56 Å². The van der Waals surface area contributed by atoms with Crippen molar-refractivity contribution >= 4 is 54.7 Å². The SMILES string of the molecule is CN(c1ccc(C2=Nn3c(nc4scc(-c5ccccc5)c4c3=O)SC2)cc1)S(C)(=O)=O. The molecule has 0 radical (unpaired) electrons. The van der Waals surface area contributed by atoms with Crippen LogP contribution >= 0.6 is 23.1 Å². The molecule has 1 aliphatic heterocycles. The second-order valence-corrected chi connectivity index (χ2v) is 11.1. The van der Waals surface area contributed by atoms with Gasteiger partial charge in [0.05, 0.1) is 23.0 Å². The first kappa shape index (κ1) is 20.9. The van der Waals surface area contributed by atoms with Gasteiger partial charge in [0.15, 0.2) is 5.16 Å². The van der Waals surface area contributed by atoms with Gasteiger partial charge in [-0.3, -0.25) is 9.10 Å². The minimum atomic E-state index is -3.34. The molecule has 0 atom stereocenters. The first-order chi connectivity index (χ1) is 15.3. The standard InChI is InChI=1S/C22H18N4O3S3/c1-25(32(2,28)29)16-10-8-15(9-11-16)18-13-31-22-23-20-19(21(27)26(22)24-18)17(12-30-20)14-6-4-3-5-7-14/h3-12H,13H2,1-2H3. The molecule has 7 nitrogen and oxygen atoms in total. The lowest BCUT2D eigenvalue weighted by Crippen LogP contribution is -2.26. The molecule has 3 heterocycles. The van der Waals surface area contributed by atoms with Crippen molar-refractivity contribution in [2.75, 3.05) is 23.4 Å². The fourth-order valence-electron chi connectivity index (χ4n) is 3.45. The van der Waals surface area contributed by atoms with Crippen LogP contribution in [0.2, 0.25) is 0 Å². The molecule has 0 saturated heterocycles. The van der Waals surface area contributed by atoms with E-state index in [2.05, 4.69) is 10.1 Å². The summed E-state index contributed by atoms with van der Waals surface area (Å²) in [6.07, 6.45) is 1.16. The zero-order chi connectivity index (χ0) is 22.5. The lowest BCUT2D eigenvalue weighted by Gasteiger charge is -2.18. The number of sulfonamides is 1. The highest BCUT2D eigenvalue weighted by atomic mass is 32.2. The molecule has 5 rings (SSSR count). The third kappa shape index (κ3) is 3.64. The number of nitrogens with zero attached hydrogens (tertiary/aromatic N) is 4. The number of fused-ring (bicyclic) bond motifs is 2. The summed E-state index contributed by atoms with van der Waals surface area (Å²) < 4.78 is 26.1. The molecule has 32 heavy (non-hydrogen) atoms. The lowest BCUT2D eigenvalue weighted by molar-refractivity contribution is 0.600. The van der Waals surface area contributed by atoms with Crippen molar-refractivity contribution in [2.24, 2.45) is 5.10 Å². The number of hydrogen-bond acceptors (Lipinski definition) is 7. The maximum atomic E-state index is 13.4. The fraction of sp³-hybridized carbons (Fsp3) is 0.136. The van der Waals surface area contributed by atoms with Gasteiger partial charge in [0.2, 0.25) is 10.0 Å². The third-order valence-corrected chi connectivity index (χ3v) is 8.28. The van der Waals surface area contributed by atoms with Gasteiger partial charge < -0.3 is 0 Å². The Morgan fingerprint density at radius 2 is 1.75 bits per heavy atom. The fourth-order valence-corrected chi connectivity index (χ4v) is 5.85. The van der Waals surface area contributed by atoms with Crippen LogP contribution in [0.3, 0.4) is 0 Å². The molecule has 2 aromatic carbocycles. The van der Waals surface area contributed by atoms with E-state index in [1.807, 2.05) is 47.8 Å². The number of thiophene rings is 1. The number of hydrogen-bond donors (Lipinski definition) is 0. The molecule has 10 heteroatoms. The quantitative estimate of drug-likeness (QED) is 0.412. The highest BCUT2D eigenvalue weighted by molar-refractivity contribution is 7.99. The first-order valence-electron chi connectivity index (χ1n) is 9.67. The molecule has 0 aliphatic carbocycles. The highest BCUT2D eigenvalue weighted by Gasteiger charge is 2.22. The van der Waals surface area contributed by atoms with Crippen molar-refractivity contribution in [3.05, 3.63) is 75.9 Å². The molecule has 0 amide bonds. The van der Waals surface area contributed by atoms with E-state index in [1.165, 1.54) is 39.1 Å². The van der Waals surface area contributed by atoms with E-state index in [0.717, 1.165) is 28.7 Å². The van der Waals surface area contributed by atoms with E-state index in [1.54, 1.807) is 12.1 Å². The van der Waals surface area contributed by atoms with Crippen LogP contribution in [0, 0.1) is 0 Å². The van der Waals surface area contributed by atoms with E-state index in [4.69, 9.17) is 0 Å². The third-order valence-electron chi connectivity index (χ3n) is 5.26. The number of aromatic nitrogens is 2. The van der Waals surface area contributed by atoms with E-state index in [-0.39, 0.29) is 5.56 Å². The van der Waals surface area contributed by atoms with Crippen molar-refractivity contribution in [3.8, 4) is 11.1 Å². The van der Waals surface area contributed by atoms with Crippen molar-refractivity contribution in [1.29, 1.82) is 0 Å². The number of anilines is 1. The van der Waals surface area contributed by atoms with Gasteiger partial charge >= 0.3 is 0 Å². The molecular weight excluding hydrogens is 464 g/mol. The zero-order valence-electron chi connectivity index (χ0n) is 17.2. The largest absolute Gasteiger partial charge is 0.284 e. The van der Waals surface area contributed by atoms with Gasteiger partial charge in [-0.05, 0) is 23.3 Å². The monoisotopic (exact) mass is 482 g/mol. The lowest BCUT2D eigenvalue weighted by atomic mass is 10.1. The molecular formula is C22H18N4O3S3. The van der Waals surface area contributed by atoms with Crippen molar-refractivity contribution in [2.45, 2.75) is 5.16 Å². The molecule has 0 fully saturated rings. The summed E-state index contributed by atoms with van der Waals surface area (Å²) in [6.45, 7) is 0.